The Bertz CT molecular complexity index is 1150. The monoisotopic (exact) mass is 463 g/mol. The van der Waals surface area contributed by atoms with Crippen LogP contribution in [0.1, 0.15) is 21.5 Å². The molecule has 0 heterocycles. The summed E-state index contributed by atoms with van der Waals surface area (Å²) in [7, 11) is 3.86. The molecule has 0 saturated heterocycles. The van der Waals surface area contributed by atoms with Gasteiger partial charge in [0.25, 0.3) is 5.91 Å². The molecule has 0 aromatic heterocycles. The van der Waals surface area contributed by atoms with Crippen LogP contribution in [-0.4, -0.2) is 48.9 Å². The first kappa shape index (κ1) is 24.7. The molecule has 178 valence electrons. The van der Waals surface area contributed by atoms with E-state index in [0.29, 0.717) is 47.8 Å². The number of rotatable bonds is 8. The van der Waals surface area contributed by atoms with Crippen LogP contribution in [0, 0.1) is 12.7 Å². The molecule has 0 radical (unpaired) electrons. The first-order chi connectivity index (χ1) is 16.2. The molecule has 3 amide bonds. The Balaban J connectivity index is 1.69. The zero-order valence-electron chi connectivity index (χ0n) is 19.6. The number of likely N-dealkylation sites (N-methyl/N-ethyl adjacent to an activating group) is 1. The van der Waals surface area contributed by atoms with Crippen molar-refractivity contribution in [1.29, 1.82) is 0 Å². The predicted octanol–water partition coefficient (Wildman–Crippen LogP) is 4.56. The molecule has 0 fully saturated rings. The van der Waals surface area contributed by atoms with Crippen molar-refractivity contribution >= 4 is 29.0 Å². The minimum absolute atomic E-state index is 0.270. The van der Waals surface area contributed by atoms with Gasteiger partial charge in [-0.1, -0.05) is 30.3 Å². The Kier molecular flexibility index (Phi) is 8.21. The van der Waals surface area contributed by atoms with Gasteiger partial charge in [0, 0.05) is 30.9 Å². The zero-order chi connectivity index (χ0) is 24.7. The first-order valence-corrected chi connectivity index (χ1v) is 10.9. The van der Waals surface area contributed by atoms with Gasteiger partial charge in [0.15, 0.2) is 0 Å². The summed E-state index contributed by atoms with van der Waals surface area (Å²) in [6.07, 6.45) is 0. The highest BCUT2D eigenvalue weighted by molar-refractivity contribution is 6.05. The molecule has 3 aromatic carbocycles. The summed E-state index contributed by atoms with van der Waals surface area (Å²) in [4.78, 5) is 29.1. The third-order valence-corrected chi connectivity index (χ3v) is 5.33. The Morgan fingerprint density at radius 3 is 2.29 bits per heavy atom. The molecule has 0 atom stereocenters. The number of nitrogens with two attached hydrogens (primary N) is 1. The maximum Gasteiger partial charge on any atom is 0.322 e. The Hall–Kier alpha value is -3.91. The average Bonchev–Trinajstić information content (AvgIpc) is 2.80. The first-order valence-electron chi connectivity index (χ1n) is 10.9. The predicted molar refractivity (Wildman–Crippen MR) is 134 cm³/mol. The fraction of sp³-hybridized carbons (Fsp3) is 0.231. The molecule has 8 heteroatoms. The highest BCUT2D eigenvalue weighted by atomic mass is 19.1. The number of nitrogens with zero attached hydrogens (tertiary/aromatic N) is 2. The molecule has 34 heavy (non-hydrogen) atoms. The van der Waals surface area contributed by atoms with Gasteiger partial charge in [-0.25, -0.2) is 9.18 Å². The topological polar surface area (TPSA) is 90.7 Å². The lowest BCUT2D eigenvalue weighted by molar-refractivity contribution is 0.102. The smallest absolute Gasteiger partial charge is 0.322 e. The summed E-state index contributed by atoms with van der Waals surface area (Å²) in [6.45, 7) is 3.14. The summed E-state index contributed by atoms with van der Waals surface area (Å²) < 4.78 is 13.9. The van der Waals surface area contributed by atoms with Crippen molar-refractivity contribution in [2.75, 3.05) is 43.6 Å². The number of nitrogen functional groups attached to an aromatic ring is 1. The van der Waals surface area contributed by atoms with Crippen LogP contribution in [0.15, 0.2) is 66.7 Å². The number of aryl methyl sites for hydroxylation is 1. The van der Waals surface area contributed by atoms with Crippen molar-refractivity contribution in [2.24, 2.45) is 0 Å². The number of carbonyl (C=O) groups is 2. The number of hydrogen-bond donors (Lipinski definition) is 3. The second-order valence-corrected chi connectivity index (χ2v) is 8.36. The Morgan fingerprint density at radius 1 is 0.941 bits per heavy atom. The van der Waals surface area contributed by atoms with Gasteiger partial charge in [-0.3, -0.25) is 4.79 Å². The van der Waals surface area contributed by atoms with Crippen molar-refractivity contribution in [3.63, 3.8) is 0 Å². The van der Waals surface area contributed by atoms with Crippen LogP contribution in [0.5, 0.6) is 0 Å². The molecule has 0 aliphatic rings. The number of carbonyl (C=O) groups excluding carboxylic acids is 2. The SMILES string of the molecule is Cc1ccc(NC(=O)N(CCN(C)C)Cc2ccc(C(=O)Nc3ccccc3N)cc2)cc1F. The van der Waals surface area contributed by atoms with E-state index in [4.69, 9.17) is 5.73 Å². The second-order valence-electron chi connectivity index (χ2n) is 8.36. The molecule has 0 unspecified atom stereocenters. The standard InChI is InChI=1S/C26H30FN5O2/c1-18-8-13-21(16-22(18)27)29-26(34)32(15-14-31(2)3)17-19-9-11-20(12-10-19)25(33)30-24-7-5-4-6-23(24)28/h4-13,16H,14-15,17,28H2,1-3H3,(H,29,34)(H,30,33). The van der Waals surface area contributed by atoms with Crippen molar-refractivity contribution in [2.45, 2.75) is 13.5 Å². The minimum Gasteiger partial charge on any atom is -0.397 e. The normalized spacial score (nSPS) is 10.7. The molecule has 0 spiro atoms. The molecule has 0 aliphatic carbocycles. The molecule has 7 nitrogen and oxygen atoms in total. The molecule has 0 saturated carbocycles. The van der Waals surface area contributed by atoms with E-state index in [-0.39, 0.29) is 17.8 Å². The molecule has 3 rings (SSSR count). The fourth-order valence-electron chi connectivity index (χ4n) is 3.23. The molecule has 0 aliphatic heterocycles. The largest absolute Gasteiger partial charge is 0.397 e. The number of amides is 3. The number of halogens is 1. The maximum absolute atomic E-state index is 13.9. The van der Waals surface area contributed by atoms with Crippen LogP contribution in [-0.2, 0) is 6.54 Å². The van der Waals surface area contributed by atoms with Crippen molar-refractivity contribution in [3.8, 4) is 0 Å². The zero-order valence-corrected chi connectivity index (χ0v) is 19.6. The van der Waals surface area contributed by atoms with Gasteiger partial charge < -0.3 is 26.2 Å². The Labute approximate surface area is 199 Å². The number of para-hydroxylation sites is 2. The quantitative estimate of drug-likeness (QED) is 0.427. The van der Waals surface area contributed by atoms with Crippen LogP contribution in [0.2, 0.25) is 0 Å². The highest BCUT2D eigenvalue weighted by Gasteiger charge is 2.16. The van der Waals surface area contributed by atoms with Crippen LogP contribution < -0.4 is 16.4 Å². The van der Waals surface area contributed by atoms with E-state index in [9.17, 15) is 14.0 Å². The summed E-state index contributed by atoms with van der Waals surface area (Å²) in [5.41, 5.74) is 9.19. The van der Waals surface area contributed by atoms with E-state index in [0.717, 1.165) is 5.56 Å². The number of hydrogen-bond acceptors (Lipinski definition) is 4. The highest BCUT2D eigenvalue weighted by Crippen LogP contribution is 2.19. The van der Waals surface area contributed by atoms with Gasteiger partial charge in [-0.05, 0) is 68.5 Å². The number of nitrogens with one attached hydrogen (secondary N) is 2. The summed E-state index contributed by atoms with van der Waals surface area (Å²) in [5, 5.41) is 5.57. The third-order valence-electron chi connectivity index (χ3n) is 5.33. The lowest BCUT2D eigenvalue weighted by Crippen LogP contribution is -2.39. The van der Waals surface area contributed by atoms with Gasteiger partial charge in [0.05, 0.1) is 11.4 Å². The number of urea groups is 1. The van der Waals surface area contributed by atoms with Gasteiger partial charge in [0.1, 0.15) is 5.82 Å². The molecular formula is C26H30FN5O2. The van der Waals surface area contributed by atoms with Crippen LogP contribution in [0.25, 0.3) is 0 Å². The van der Waals surface area contributed by atoms with Crippen molar-refractivity contribution in [3.05, 3.63) is 89.2 Å². The summed E-state index contributed by atoms with van der Waals surface area (Å²) in [6, 6.07) is 18.4. The van der Waals surface area contributed by atoms with E-state index in [1.807, 2.05) is 31.1 Å². The van der Waals surface area contributed by atoms with Crippen LogP contribution in [0.3, 0.4) is 0 Å². The Morgan fingerprint density at radius 2 is 1.65 bits per heavy atom. The van der Waals surface area contributed by atoms with E-state index in [1.54, 1.807) is 60.4 Å². The van der Waals surface area contributed by atoms with Gasteiger partial charge in [-0.15, -0.1) is 0 Å². The van der Waals surface area contributed by atoms with E-state index < -0.39 is 0 Å². The molecule has 3 aromatic rings. The summed E-state index contributed by atoms with van der Waals surface area (Å²) >= 11 is 0. The molecule has 4 N–H and O–H groups in total. The van der Waals surface area contributed by atoms with E-state index in [2.05, 4.69) is 10.6 Å². The van der Waals surface area contributed by atoms with Gasteiger partial charge in [0.2, 0.25) is 0 Å². The van der Waals surface area contributed by atoms with E-state index >= 15 is 0 Å². The molecule has 0 bridgehead atoms. The number of benzene rings is 3. The average molecular weight is 464 g/mol. The lowest BCUT2D eigenvalue weighted by Gasteiger charge is -2.25. The lowest BCUT2D eigenvalue weighted by atomic mass is 10.1. The van der Waals surface area contributed by atoms with Crippen molar-refractivity contribution in [1.82, 2.24) is 9.80 Å². The van der Waals surface area contributed by atoms with Crippen LogP contribution in [0.4, 0.5) is 26.2 Å². The van der Waals surface area contributed by atoms with Crippen molar-refractivity contribution < 1.29 is 14.0 Å². The van der Waals surface area contributed by atoms with Gasteiger partial charge in [-0.2, -0.15) is 0 Å². The van der Waals surface area contributed by atoms with Gasteiger partial charge >= 0.3 is 6.03 Å². The fourth-order valence-corrected chi connectivity index (χ4v) is 3.23. The van der Waals surface area contributed by atoms with Crippen LogP contribution >= 0.6 is 0 Å². The maximum atomic E-state index is 13.9. The summed E-state index contributed by atoms with van der Waals surface area (Å²) in [5.74, 6) is -0.642. The second kappa shape index (κ2) is 11.3. The van der Waals surface area contributed by atoms with E-state index in [1.165, 1.54) is 6.07 Å². The minimum atomic E-state index is -0.372. The third kappa shape index (κ3) is 6.79. The number of anilines is 3. The molecular weight excluding hydrogens is 433 g/mol.